The van der Waals surface area contributed by atoms with Crippen molar-refractivity contribution >= 4 is 0 Å². The molecule has 0 saturated carbocycles. The summed E-state index contributed by atoms with van der Waals surface area (Å²) in [7, 11) is 0. The van der Waals surface area contributed by atoms with Gasteiger partial charge in [-0.25, -0.2) is 0 Å². The first-order valence-electron chi connectivity index (χ1n) is 8.09. The molecule has 1 unspecified atom stereocenters. The Balaban J connectivity index is 1.86. The molecule has 2 fully saturated rings. The van der Waals surface area contributed by atoms with Crippen LogP contribution in [0.1, 0.15) is 65.7 Å². The molecule has 2 heteroatoms. The average Bonchev–Trinajstić information content (AvgIpc) is 2.82. The predicted octanol–water partition coefficient (Wildman–Crippen LogP) is 3.42. The van der Waals surface area contributed by atoms with Gasteiger partial charge in [-0.15, -0.1) is 0 Å². The Morgan fingerprint density at radius 2 is 1.83 bits per heavy atom. The standard InChI is InChI=1S/C16H32N2/c1-4-7-16(8-6-11-17-16)14-18-12-9-15(3,5-2)10-13-18/h17H,4-14H2,1-3H3. The van der Waals surface area contributed by atoms with Crippen LogP contribution in [-0.4, -0.2) is 36.6 Å². The van der Waals surface area contributed by atoms with Crippen molar-refractivity contribution in [2.24, 2.45) is 5.41 Å². The highest BCUT2D eigenvalue weighted by Crippen LogP contribution is 2.35. The number of rotatable bonds is 5. The smallest absolute Gasteiger partial charge is 0.0309 e. The summed E-state index contributed by atoms with van der Waals surface area (Å²) >= 11 is 0. The largest absolute Gasteiger partial charge is 0.310 e. The Labute approximate surface area is 114 Å². The van der Waals surface area contributed by atoms with Crippen molar-refractivity contribution in [1.82, 2.24) is 10.2 Å². The SMILES string of the molecule is CCCC1(CN2CCC(C)(CC)CC2)CCCN1. The van der Waals surface area contributed by atoms with Crippen molar-refractivity contribution in [3.63, 3.8) is 0 Å². The summed E-state index contributed by atoms with van der Waals surface area (Å²) in [5, 5.41) is 3.81. The van der Waals surface area contributed by atoms with E-state index in [0.717, 1.165) is 0 Å². The van der Waals surface area contributed by atoms with Gasteiger partial charge in [0, 0.05) is 12.1 Å². The molecule has 0 aromatic rings. The minimum Gasteiger partial charge on any atom is -0.310 e. The van der Waals surface area contributed by atoms with Crippen LogP contribution < -0.4 is 5.32 Å². The molecule has 0 aromatic heterocycles. The van der Waals surface area contributed by atoms with Crippen molar-refractivity contribution in [2.45, 2.75) is 71.3 Å². The molecular formula is C16H32N2. The van der Waals surface area contributed by atoms with Crippen molar-refractivity contribution in [3.05, 3.63) is 0 Å². The zero-order valence-electron chi connectivity index (χ0n) is 12.7. The Kier molecular flexibility index (Phi) is 4.71. The van der Waals surface area contributed by atoms with Crippen LogP contribution in [0.5, 0.6) is 0 Å². The maximum Gasteiger partial charge on any atom is 0.0309 e. The normalized spacial score (nSPS) is 32.8. The van der Waals surface area contributed by atoms with Crippen molar-refractivity contribution in [3.8, 4) is 0 Å². The van der Waals surface area contributed by atoms with Crippen LogP contribution in [-0.2, 0) is 0 Å². The van der Waals surface area contributed by atoms with E-state index < -0.39 is 0 Å². The number of nitrogens with one attached hydrogen (secondary N) is 1. The zero-order valence-corrected chi connectivity index (χ0v) is 12.7. The summed E-state index contributed by atoms with van der Waals surface area (Å²) in [6.07, 6.45) is 9.57. The van der Waals surface area contributed by atoms with Gasteiger partial charge in [-0.2, -0.15) is 0 Å². The van der Waals surface area contributed by atoms with Crippen molar-refractivity contribution in [1.29, 1.82) is 0 Å². The molecule has 0 amide bonds. The van der Waals surface area contributed by atoms with E-state index in [0.29, 0.717) is 11.0 Å². The highest BCUT2D eigenvalue weighted by molar-refractivity contribution is 4.96. The summed E-state index contributed by atoms with van der Waals surface area (Å²) in [4.78, 5) is 2.73. The molecule has 18 heavy (non-hydrogen) atoms. The molecule has 0 radical (unpaired) electrons. The molecular weight excluding hydrogens is 220 g/mol. The summed E-state index contributed by atoms with van der Waals surface area (Å²) in [6.45, 7) is 12.3. The second kappa shape index (κ2) is 5.92. The van der Waals surface area contributed by atoms with Crippen LogP contribution in [0.25, 0.3) is 0 Å². The minimum absolute atomic E-state index is 0.453. The minimum atomic E-state index is 0.453. The monoisotopic (exact) mass is 252 g/mol. The average molecular weight is 252 g/mol. The molecule has 0 bridgehead atoms. The van der Waals surface area contributed by atoms with Crippen LogP contribution in [0.2, 0.25) is 0 Å². The number of hydrogen-bond acceptors (Lipinski definition) is 2. The van der Waals surface area contributed by atoms with Gasteiger partial charge in [-0.3, -0.25) is 0 Å². The van der Waals surface area contributed by atoms with Gasteiger partial charge in [0.25, 0.3) is 0 Å². The maximum atomic E-state index is 3.81. The third-order valence-electron chi connectivity index (χ3n) is 5.50. The topological polar surface area (TPSA) is 15.3 Å². The fourth-order valence-electron chi connectivity index (χ4n) is 3.81. The van der Waals surface area contributed by atoms with Gasteiger partial charge >= 0.3 is 0 Å². The third kappa shape index (κ3) is 3.27. The van der Waals surface area contributed by atoms with E-state index in [1.54, 1.807) is 0 Å². The molecule has 1 atom stereocenters. The van der Waals surface area contributed by atoms with E-state index in [1.807, 2.05) is 0 Å². The fourth-order valence-corrected chi connectivity index (χ4v) is 3.81. The van der Waals surface area contributed by atoms with Gasteiger partial charge in [0.15, 0.2) is 0 Å². The van der Waals surface area contributed by atoms with E-state index >= 15 is 0 Å². The van der Waals surface area contributed by atoms with Crippen LogP contribution in [0.4, 0.5) is 0 Å². The molecule has 2 rings (SSSR count). The Morgan fingerprint density at radius 3 is 2.33 bits per heavy atom. The summed E-state index contributed by atoms with van der Waals surface area (Å²) in [6, 6.07) is 0. The second-order valence-corrected chi connectivity index (χ2v) is 7.00. The first-order valence-corrected chi connectivity index (χ1v) is 8.09. The lowest BCUT2D eigenvalue weighted by molar-refractivity contribution is 0.0874. The van der Waals surface area contributed by atoms with Crippen LogP contribution in [0.3, 0.4) is 0 Å². The van der Waals surface area contributed by atoms with Crippen LogP contribution >= 0.6 is 0 Å². The number of nitrogens with zero attached hydrogens (tertiary/aromatic N) is 1. The lowest BCUT2D eigenvalue weighted by atomic mass is 9.77. The molecule has 2 heterocycles. The van der Waals surface area contributed by atoms with Gasteiger partial charge in [-0.05, 0) is 57.2 Å². The van der Waals surface area contributed by atoms with E-state index in [2.05, 4.69) is 31.0 Å². The molecule has 2 aliphatic heterocycles. The lowest BCUT2D eigenvalue weighted by Gasteiger charge is -2.43. The summed E-state index contributed by atoms with van der Waals surface area (Å²) in [5.74, 6) is 0. The van der Waals surface area contributed by atoms with E-state index in [4.69, 9.17) is 0 Å². The van der Waals surface area contributed by atoms with Crippen LogP contribution in [0, 0.1) is 5.41 Å². The first kappa shape index (κ1) is 14.3. The molecule has 0 spiro atoms. The maximum absolute atomic E-state index is 3.81. The Bertz CT molecular complexity index is 248. The van der Waals surface area contributed by atoms with E-state index in [1.165, 1.54) is 71.1 Å². The highest BCUT2D eigenvalue weighted by Gasteiger charge is 2.36. The lowest BCUT2D eigenvalue weighted by Crippen LogP contribution is -2.52. The van der Waals surface area contributed by atoms with Gasteiger partial charge in [0.1, 0.15) is 0 Å². The summed E-state index contributed by atoms with van der Waals surface area (Å²) in [5.41, 5.74) is 1.08. The molecule has 106 valence electrons. The Hall–Kier alpha value is -0.0800. The second-order valence-electron chi connectivity index (χ2n) is 7.00. The van der Waals surface area contributed by atoms with Crippen LogP contribution in [0.15, 0.2) is 0 Å². The first-order chi connectivity index (χ1) is 8.61. The van der Waals surface area contributed by atoms with Gasteiger partial charge in [-0.1, -0.05) is 33.6 Å². The zero-order chi connectivity index (χ0) is 13.1. The van der Waals surface area contributed by atoms with Gasteiger partial charge in [0.05, 0.1) is 0 Å². The molecule has 0 aromatic carbocycles. The molecule has 2 saturated heterocycles. The number of piperidine rings is 1. The summed E-state index contributed by atoms with van der Waals surface area (Å²) < 4.78 is 0. The molecule has 2 aliphatic rings. The van der Waals surface area contributed by atoms with E-state index in [9.17, 15) is 0 Å². The predicted molar refractivity (Wildman–Crippen MR) is 78.9 cm³/mol. The molecule has 2 nitrogen and oxygen atoms in total. The van der Waals surface area contributed by atoms with Gasteiger partial charge < -0.3 is 10.2 Å². The number of hydrogen-bond donors (Lipinski definition) is 1. The molecule has 0 aliphatic carbocycles. The quantitative estimate of drug-likeness (QED) is 0.806. The number of likely N-dealkylation sites (tertiary alicyclic amines) is 1. The molecule has 1 N–H and O–H groups in total. The third-order valence-corrected chi connectivity index (χ3v) is 5.50. The van der Waals surface area contributed by atoms with Gasteiger partial charge in [0.2, 0.25) is 0 Å². The Morgan fingerprint density at radius 1 is 1.11 bits per heavy atom. The fraction of sp³-hybridized carbons (Fsp3) is 1.00. The van der Waals surface area contributed by atoms with Crippen molar-refractivity contribution < 1.29 is 0 Å². The van der Waals surface area contributed by atoms with E-state index in [-0.39, 0.29) is 0 Å². The van der Waals surface area contributed by atoms with Crippen molar-refractivity contribution in [2.75, 3.05) is 26.2 Å². The highest BCUT2D eigenvalue weighted by atomic mass is 15.2.